The molecule has 0 fully saturated rings. The third-order valence-corrected chi connectivity index (χ3v) is 10.0. The lowest BCUT2D eigenvalue weighted by atomic mass is 9.89. The van der Waals surface area contributed by atoms with Crippen LogP contribution in [0.2, 0.25) is 0 Å². The molecule has 0 amide bonds. The van der Waals surface area contributed by atoms with Crippen molar-refractivity contribution in [3.05, 3.63) is 140 Å². The summed E-state index contributed by atoms with van der Waals surface area (Å²) in [7, 11) is 0. The minimum atomic E-state index is -0.750. The molecule has 0 bridgehead atoms. The molecule has 0 saturated heterocycles. The zero-order chi connectivity index (χ0) is 38.9. The van der Waals surface area contributed by atoms with Crippen LogP contribution in [0.1, 0.15) is 75.9 Å². The molecule has 2 aliphatic rings. The Balaban J connectivity index is 1.57. The number of hydrogen-bond acceptors (Lipinski definition) is 10. The number of anilines is 2. The highest BCUT2D eigenvalue weighted by Gasteiger charge is 2.47. The van der Waals surface area contributed by atoms with Gasteiger partial charge >= 0.3 is 11.9 Å². The van der Waals surface area contributed by atoms with E-state index in [0.29, 0.717) is 12.8 Å². The first-order chi connectivity index (χ1) is 25.5. The maximum absolute atomic E-state index is 13.2. The van der Waals surface area contributed by atoms with E-state index in [1.54, 1.807) is 65.8 Å². The maximum atomic E-state index is 13.2. The maximum Gasteiger partial charge on any atom is 0.311 e. The average molecular weight is 735 g/mol. The van der Waals surface area contributed by atoms with Crippen molar-refractivity contribution in [2.24, 2.45) is 10.8 Å². The number of non-ortho nitro benzene ring substituents is 2. The van der Waals surface area contributed by atoms with E-state index in [9.17, 15) is 29.8 Å². The number of benzene rings is 4. The largest absolute Gasteiger partial charge is 0.463 e. The van der Waals surface area contributed by atoms with E-state index in [0.717, 1.165) is 33.6 Å². The molecule has 12 heteroatoms. The SMILES string of the molecule is CC(C)(C)C(=O)OCC1Cc2cc([N+](=O)[O-])ccc2N1C(c1ccccc1)C(c1ccccc1)N1c2ccc([N+](=O)[O-])cc2CC1COC(=O)C(C)(C)C. The van der Waals surface area contributed by atoms with Crippen molar-refractivity contribution in [2.75, 3.05) is 23.0 Å². The summed E-state index contributed by atoms with van der Waals surface area (Å²) < 4.78 is 12.0. The fourth-order valence-electron chi connectivity index (χ4n) is 7.40. The summed E-state index contributed by atoms with van der Waals surface area (Å²) in [6, 6.07) is 27.7. The number of rotatable bonds is 11. The van der Waals surface area contributed by atoms with E-state index in [4.69, 9.17) is 9.47 Å². The number of esters is 2. The minimum absolute atomic E-state index is 0.0266. The third-order valence-electron chi connectivity index (χ3n) is 10.0. The zero-order valence-corrected chi connectivity index (χ0v) is 31.4. The molecule has 4 aromatic rings. The molecule has 0 spiro atoms. The summed E-state index contributed by atoms with van der Waals surface area (Å²) in [6.45, 7) is 10.8. The molecule has 2 aliphatic heterocycles. The van der Waals surface area contributed by atoms with Gasteiger partial charge in [0.1, 0.15) is 13.2 Å². The van der Waals surface area contributed by atoms with Gasteiger partial charge in [-0.2, -0.15) is 0 Å². The van der Waals surface area contributed by atoms with Crippen LogP contribution >= 0.6 is 0 Å². The van der Waals surface area contributed by atoms with Crippen LogP contribution in [0.4, 0.5) is 22.7 Å². The van der Waals surface area contributed by atoms with Crippen molar-refractivity contribution < 1.29 is 28.9 Å². The highest BCUT2D eigenvalue weighted by Crippen LogP contribution is 2.51. The van der Waals surface area contributed by atoms with Crippen LogP contribution in [-0.2, 0) is 31.9 Å². The highest BCUT2D eigenvalue weighted by atomic mass is 16.6. The lowest BCUT2D eigenvalue weighted by Crippen LogP contribution is -2.49. The van der Waals surface area contributed by atoms with Crippen LogP contribution in [0.15, 0.2) is 97.1 Å². The van der Waals surface area contributed by atoms with E-state index < -0.39 is 44.8 Å². The van der Waals surface area contributed by atoms with Crippen LogP contribution < -0.4 is 9.80 Å². The predicted molar refractivity (Wildman–Crippen MR) is 205 cm³/mol. The Morgan fingerprint density at radius 3 is 1.30 bits per heavy atom. The summed E-state index contributed by atoms with van der Waals surface area (Å²) in [5.41, 5.74) is 3.32. The second-order valence-corrected chi connectivity index (χ2v) is 16.1. The van der Waals surface area contributed by atoms with Gasteiger partial charge in [0.25, 0.3) is 11.4 Å². The molecule has 2 heterocycles. The molecule has 4 atom stereocenters. The zero-order valence-electron chi connectivity index (χ0n) is 31.4. The van der Waals surface area contributed by atoms with Crippen LogP contribution in [0.5, 0.6) is 0 Å². The van der Waals surface area contributed by atoms with Crippen molar-refractivity contribution in [1.82, 2.24) is 0 Å². The molecule has 54 heavy (non-hydrogen) atoms. The van der Waals surface area contributed by atoms with Gasteiger partial charge in [-0.05, 0) is 88.8 Å². The average Bonchev–Trinajstić information content (AvgIpc) is 3.68. The number of carbonyl (C=O) groups is 2. The van der Waals surface area contributed by atoms with Crippen LogP contribution in [0.3, 0.4) is 0 Å². The Hall–Kier alpha value is -5.78. The molecule has 0 aliphatic carbocycles. The van der Waals surface area contributed by atoms with Gasteiger partial charge in [-0.1, -0.05) is 60.7 Å². The van der Waals surface area contributed by atoms with Gasteiger partial charge in [-0.3, -0.25) is 29.8 Å². The second kappa shape index (κ2) is 14.9. The molecule has 0 N–H and O–H groups in total. The molecular weight excluding hydrogens is 688 g/mol. The summed E-state index contributed by atoms with van der Waals surface area (Å²) >= 11 is 0. The van der Waals surface area contributed by atoms with E-state index in [1.807, 2.05) is 60.7 Å². The van der Waals surface area contributed by atoms with E-state index in [2.05, 4.69) is 9.80 Å². The van der Waals surface area contributed by atoms with E-state index in [1.165, 1.54) is 12.1 Å². The number of carbonyl (C=O) groups excluding carboxylic acids is 2. The molecule has 282 valence electrons. The van der Waals surface area contributed by atoms with E-state index in [-0.39, 0.29) is 36.5 Å². The van der Waals surface area contributed by atoms with Gasteiger partial charge in [0.2, 0.25) is 0 Å². The molecule has 0 radical (unpaired) electrons. The number of ether oxygens (including phenoxy) is 2. The molecule has 12 nitrogen and oxygen atoms in total. The Labute approximate surface area is 315 Å². The first-order valence-electron chi connectivity index (χ1n) is 18.1. The second-order valence-electron chi connectivity index (χ2n) is 16.1. The number of fused-ring (bicyclic) bond motifs is 2. The Bertz CT molecular complexity index is 1890. The summed E-state index contributed by atoms with van der Waals surface area (Å²) in [5.74, 6) is -0.730. The van der Waals surface area contributed by atoms with Crippen molar-refractivity contribution in [2.45, 2.75) is 78.6 Å². The smallest absolute Gasteiger partial charge is 0.311 e. The number of nitro benzene ring substituents is 2. The van der Waals surface area contributed by atoms with Crippen molar-refractivity contribution >= 4 is 34.7 Å². The predicted octanol–water partition coefficient (Wildman–Crippen LogP) is 8.33. The van der Waals surface area contributed by atoms with Crippen LogP contribution in [-0.4, -0.2) is 47.1 Å². The molecule has 4 aromatic carbocycles. The molecule has 6 rings (SSSR count). The first kappa shape index (κ1) is 38.0. The number of nitrogens with zero attached hydrogens (tertiary/aromatic N) is 4. The molecule has 0 saturated carbocycles. The van der Waals surface area contributed by atoms with Crippen LogP contribution in [0, 0.1) is 31.1 Å². The third kappa shape index (κ3) is 7.78. The van der Waals surface area contributed by atoms with Gasteiger partial charge < -0.3 is 19.3 Å². The van der Waals surface area contributed by atoms with Crippen molar-refractivity contribution in [3.8, 4) is 0 Å². The first-order valence-corrected chi connectivity index (χ1v) is 18.1. The minimum Gasteiger partial charge on any atom is -0.463 e. The van der Waals surface area contributed by atoms with Gasteiger partial charge in [0, 0.05) is 35.6 Å². The Kier molecular flexibility index (Phi) is 10.5. The lowest BCUT2D eigenvalue weighted by Gasteiger charge is -2.46. The summed E-state index contributed by atoms with van der Waals surface area (Å²) in [6.07, 6.45) is 0.767. The monoisotopic (exact) mass is 734 g/mol. The summed E-state index contributed by atoms with van der Waals surface area (Å²) in [4.78, 5) is 53.8. The lowest BCUT2D eigenvalue weighted by molar-refractivity contribution is -0.385. The normalized spacial score (nSPS) is 17.7. The van der Waals surface area contributed by atoms with Gasteiger partial charge in [-0.25, -0.2) is 0 Å². The van der Waals surface area contributed by atoms with Crippen LogP contribution in [0.25, 0.3) is 0 Å². The van der Waals surface area contributed by atoms with Crippen molar-refractivity contribution in [1.29, 1.82) is 0 Å². The highest BCUT2D eigenvalue weighted by molar-refractivity contribution is 5.76. The van der Waals surface area contributed by atoms with E-state index >= 15 is 0 Å². The topological polar surface area (TPSA) is 145 Å². The quantitative estimate of drug-likeness (QED) is 0.0838. The van der Waals surface area contributed by atoms with Crippen molar-refractivity contribution in [3.63, 3.8) is 0 Å². The Morgan fingerprint density at radius 1 is 0.630 bits per heavy atom. The summed E-state index contributed by atoms with van der Waals surface area (Å²) in [5, 5.41) is 23.9. The fourth-order valence-corrected chi connectivity index (χ4v) is 7.40. The molecule has 0 aromatic heterocycles. The standard InChI is InChI=1S/C42H46N4O8/c1-41(2,3)39(47)53-25-33-23-29-21-31(45(49)50)17-19-35(29)43(33)37(27-13-9-7-10-14-27)38(28-15-11-8-12-16-28)44-34(26-54-40(48)42(4,5)6)24-30-22-32(46(51)52)18-20-36(30)44/h7-22,33-34,37-38H,23-26H2,1-6H3. The Morgan fingerprint density at radius 2 is 0.981 bits per heavy atom. The number of hydrogen-bond donors (Lipinski definition) is 0. The number of nitro groups is 2. The van der Waals surface area contributed by atoms with Gasteiger partial charge in [-0.15, -0.1) is 0 Å². The molecular formula is C42H46N4O8. The molecule has 4 unspecified atom stereocenters. The van der Waals surface area contributed by atoms with Gasteiger partial charge in [0.05, 0.1) is 44.8 Å². The fraction of sp³-hybridized carbons (Fsp3) is 0.381. The van der Waals surface area contributed by atoms with Gasteiger partial charge in [0.15, 0.2) is 0 Å².